The van der Waals surface area contributed by atoms with Crippen LogP contribution in [0.4, 0.5) is 0 Å². The number of fused-ring (bicyclic) bond motifs is 1. The quantitative estimate of drug-likeness (QED) is 0.500. The van der Waals surface area contributed by atoms with Crippen LogP contribution in [0.5, 0.6) is 0 Å². The van der Waals surface area contributed by atoms with Gasteiger partial charge in [-0.05, 0) is 30.3 Å². The summed E-state index contributed by atoms with van der Waals surface area (Å²) < 4.78 is 0. The molecule has 64 valence electrons. The van der Waals surface area contributed by atoms with Crippen LogP contribution >= 0.6 is 0 Å². The van der Waals surface area contributed by atoms with Crippen LogP contribution in [0.1, 0.15) is 26.2 Å². The van der Waals surface area contributed by atoms with Gasteiger partial charge in [0.2, 0.25) is 0 Å². The van der Waals surface area contributed by atoms with Gasteiger partial charge in [0.25, 0.3) is 0 Å². The Kier molecular flexibility index (Phi) is 1.67. The number of hydrogen-bond donors (Lipinski definition) is 0. The lowest BCUT2D eigenvalue weighted by atomic mass is 9.66. The minimum atomic E-state index is 0.267. The molecule has 1 nitrogen and oxygen atoms in total. The van der Waals surface area contributed by atoms with Crippen molar-refractivity contribution in [2.75, 3.05) is 0 Å². The molecule has 0 aromatic heterocycles. The van der Waals surface area contributed by atoms with Gasteiger partial charge in [-0.2, -0.15) is 0 Å². The second-order valence-corrected chi connectivity index (χ2v) is 4.12. The number of carbonyl (C=O) groups excluding carboxylic acids is 1. The van der Waals surface area contributed by atoms with E-state index in [4.69, 9.17) is 0 Å². The predicted octanol–water partition coefficient (Wildman–Crippen LogP) is 2.49. The van der Waals surface area contributed by atoms with Crippen molar-refractivity contribution >= 4 is 5.78 Å². The highest BCUT2D eigenvalue weighted by molar-refractivity contribution is 5.91. The van der Waals surface area contributed by atoms with E-state index >= 15 is 0 Å². The average molecular weight is 162 g/mol. The van der Waals surface area contributed by atoms with E-state index in [9.17, 15) is 4.79 Å². The molecule has 0 bridgehead atoms. The Morgan fingerprint density at radius 2 is 2.33 bits per heavy atom. The summed E-state index contributed by atoms with van der Waals surface area (Å²) in [4.78, 5) is 11.1. The molecule has 0 aromatic carbocycles. The molecule has 1 heteroatoms. The third-order valence-electron chi connectivity index (χ3n) is 3.18. The van der Waals surface area contributed by atoms with Crippen molar-refractivity contribution in [3.8, 4) is 0 Å². The van der Waals surface area contributed by atoms with Gasteiger partial charge in [-0.15, -0.1) is 0 Å². The maximum Gasteiger partial charge on any atom is 0.155 e. The van der Waals surface area contributed by atoms with Gasteiger partial charge < -0.3 is 0 Å². The zero-order valence-electron chi connectivity index (χ0n) is 7.42. The summed E-state index contributed by atoms with van der Waals surface area (Å²) in [6.07, 6.45) is 11.2. The molecule has 2 aliphatic carbocycles. The van der Waals surface area contributed by atoms with E-state index in [-0.39, 0.29) is 5.41 Å². The van der Waals surface area contributed by atoms with Crippen molar-refractivity contribution in [2.45, 2.75) is 26.2 Å². The lowest BCUT2D eigenvalue weighted by molar-refractivity contribution is -0.117. The fraction of sp³-hybridized carbons (Fsp3) is 0.545. The van der Waals surface area contributed by atoms with Crippen LogP contribution in [-0.2, 0) is 4.79 Å². The Bertz CT molecular complexity index is 262. The third-order valence-corrected chi connectivity index (χ3v) is 3.18. The van der Waals surface area contributed by atoms with Gasteiger partial charge in [-0.3, -0.25) is 4.79 Å². The van der Waals surface area contributed by atoms with Crippen LogP contribution in [-0.4, -0.2) is 5.78 Å². The van der Waals surface area contributed by atoms with Gasteiger partial charge in [-0.25, -0.2) is 0 Å². The van der Waals surface area contributed by atoms with Gasteiger partial charge >= 0.3 is 0 Å². The molecule has 0 radical (unpaired) electrons. The molecule has 0 fully saturated rings. The predicted molar refractivity (Wildman–Crippen MR) is 48.7 cm³/mol. The molecule has 0 spiro atoms. The van der Waals surface area contributed by atoms with E-state index in [1.165, 1.54) is 0 Å². The number of rotatable bonds is 0. The molecular weight excluding hydrogens is 148 g/mol. The molecule has 0 N–H and O–H groups in total. The Labute approximate surface area is 73.2 Å². The zero-order chi connectivity index (χ0) is 8.60. The number of ketones is 1. The third kappa shape index (κ3) is 1.13. The molecule has 0 saturated heterocycles. The van der Waals surface area contributed by atoms with E-state index in [0.717, 1.165) is 19.3 Å². The van der Waals surface area contributed by atoms with Crippen molar-refractivity contribution in [3.05, 3.63) is 24.3 Å². The molecule has 0 aliphatic heterocycles. The van der Waals surface area contributed by atoms with E-state index in [1.54, 1.807) is 6.08 Å². The molecule has 2 atom stereocenters. The first-order valence-corrected chi connectivity index (χ1v) is 4.58. The highest BCUT2D eigenvalue weighted by Crippen LogP contribution is 2.43. The smallest absolute Gasteiger partial charge is 0.155 e. The van der Waals surface area contributed by atoms with Crippen LogP contribution in [0.3, 0.4) is 0 Å². The first kappa shape index (κ1) is 7.78. The minimum absolute atomic E-state index is 0.267. The second-order valence-electron chi connectivity index (χ2n) is 4.12. The van der Waals surface area contributed by atoms with Crippen LogP contribution in [0, 0.1) is 11.3 Å². The fourth-order valence-electron chi connectivity index (χ4n) is 2.15. The van der Waals surface area contributed by atoms with Crippen molar-refractivity contribution < 1.29 is 4.79 Å². The molecule has 2 aliphatic rings. The van der Waals surface area contributed by atoms with Crippen molar-refractivity contribution in [1.29, 1.82) is 0 Å². The maximum atomic E-state index is 11.1. The normalized spacial score (nSPS) is 39.8. The SMILES string of the molecule is C[C@]12C=CC(=O)C[C@H]1CC=CC2. The standard InChI is InChI=1S/C11H14O/c1-11-6-3-2-4-9(11)8-10(12)5-7-11/h2-3,5,7,9H,4,6,8H2,1H3/t9-,11+/m1/s1. The lowest BCUT2D eigenvalue weighted by Gasteiger charge is -2.38. The molecule has 0 heterocycles. The van der Waals surface area contributed by atoms with Crippen LogP contribution < -0.4 is 0 Å². The first-order chi connectivity index (χ1) is 5.71. The van der Waals surface area contributed by atoms with Crippen molar-refractivity contribution in [2.24, 2.45) is 11.3 Å². The first-order valence-electron chi connectivity index (χ1n) is 4.58. The van der Waals surface area contributed by atoms with E-state index < -0.39 is 0 Å². The highest BCUT2D eigenvalue weighted by Gasteiger charge is 2.35. The Hall–Kier alpha value is -0.850. The summed E-state index contributed by atoms with van der Waals surface area (Å²) in [5.41, 5.74) is 0.267. The molecule has 0 unspecified atom stereocenters. The summed E-state index contributed by atoms with van der Waals surface area (Å²) in [6.45, 7) is 2.25. The van der Waals surface area contributed by atoms with E-state index in [2.05, 4.69) is 25.2 Å². The Morgan fingerprint density at radius 3 is 3.17 bits per heavy atom. The highest BCUT2D eigenvalue weighted by atomic mass is 16.1. The summed E-state index contributed by atoms with van der Waals surface area (Å²) in [7, 11) is 0. The minimum Gasteiger partial charge on any atom is -0.295 e. The largest absolute Gasteiger partial charge is 0.295 e. The maximum absolute atomic E-state index is 11.1. The van der Waals surface area contributed by atoms with Crippen LogP contribution in [0.2, 0.25) is 0 Å². The van der Waals surface area contributed by atoms with Crippen LogP contribution in [0.25, 0.3) is 0 Å². The number of hydrogen-bond acceptors (Lipinski definition) is 1. The van der Waals surface area contributed by atoms with E-state index in [0.29, 0.717) is 11.7 Å². The molecule has 2 rings (SSSR count). The summed E-state index contributed by atoms with van der Waals surface area (Å²) >= 11 is 0. The molecule has 0 saturated carbocycles. The average Bonchev–Trinajstić information content (AvgIpc) is 2.06. The summed E-state index contributed by atoms with van der Waals surface area (Å²) in [5.74, 6) is 0.854. The van der Waals surface area contributed by atoms with Gasteiger partial charge in [0, 0.05) is 6.42 Å². The summed E-state index contributed by atoms with van der Waals surface area (Å²) in [6, 6.07) is 0. The monoisotopic (exact) mass is 162 g/mol. The van der Waals surface area contributed by atoms with Crippen molar-refractivity contribution in [1.82, 2.24) is 0 Å². The molecular formula is C11H14O. The second kappa shape index (κ2) is 2.58. The molecule has 0 aromatic rings. The van der Waals surface area contributed by atoms with E-state index in [1.807, 2.05) is 0 Å². The van der Waals surface area contributed by atoms with Gasteiger partial charge in [-0.1, -0.05) is 25.2 Å². The fourth-order valence-corrected chi connectivity index (χ4v) is 2.15. The van der Waals surface area contributed by atoms with Crippen molar-refractivity contribution in [3.63, 3.8) is 0 Å². The molecule has 12 heavy (non-hydrogen) atoms. The zero-order valence-corrected chi connectivity index (χ0v) is 7.42. The number of allylic oxidation sites excluding steroid dienone is 4. The van der Waals surface area contributed by atoms with Gasteiger partial charge in [0.1, 0.15) is 0 Å². The number of carbonyl (C=O) groups is 1. The Morgan fingerprint density at radius 1 is 1.50 bits per heavy atom. The van der Waals surface area contributed by atoms with Crippen LogP contribution in [0.15, 0.2) is 24.3 Å². The molecule has 0 amide bonds. The van der Waals surface area contributed by atoms with Gasteiger partial charge in [0.15, 0.2) is 5.78 Å². The summed E-state index contributed by atoms with van der Waals surface area (Å²) in [5, 5.41) is 0. The topological polar surface area (TPSA) is 17.1 Å². The van der Waals surface area contributed by atoms with Gasteiger partial charge in [0.05, 0.1) is 0 Å². The Balaban J connectivity index is 2.30. The lowest BCUT2D eigenvalue weighted by Crippen LogP contribution is -2.31.